The van der Waals surface area contributed by atoms with Crippen LogP contribution >= 0.6 is 11.8 Å². The third-order valence-corrected chi connectivity index (χ3v) is 4.91. The number of fused-ring (bicyclic) bond motifs is 1. The lowest BCUT2D eigenvalue weighted by atomic mass is 10.0. The van der Waals surface area contributed by atoms with Crippen molar-refractivity contribution in [3.8, 4) is 11.5 Å². The molecule has 8 nitrogen and oxygen atoms in total. The lowest BCUT2D eigenvalue weighted by Crippen LogP contribution is -2.47. The molecule has 0 radical (unpaired) electrons. The van der Waals surface area contributed by atoms with E-state index in [1.165, 1.54) is 13.8 Å². The zero-order chi connectivity index (χ0) is 19.4. The van der Waals surface area contributed by atoms with Crippen LogP contribution in [0.3, 0.4) is 0 Å². The topological polar surface area (TPSA) is 122 Å². The summed E-state index contributed by atoms with van der Waals surface area (Å²) in [4.78, 5) is 36.9. The molecule has 2 rings (SSSR count). The fraction of sp³-hybridized carbons (Fsp3) is 0.471. The number of ether oxygens (including phenoxy) is 2. The molecule has 0 unspecified atom stereocenters. The van der Waals surface area contributed by atoms with Crippen LogP contribution in [0.25, 0.3) is 0 Å². The summed E-state index contributed by atoms with van der Waals surface area (Å²) in [5, 5.41) is 21.3. The minimum absolute atomic E-state index is 0.0988. The van der Waals surface area contributed by atoms with Crippen molar-refractivity contribution < 1.29 is 34.1 Å². The smallest absolute Gasteiger partial charge is 0.331 e. The van der Waals surface area contributed by atoms with Gasteiger partial charge in [0.25, 0.3) is 0 Å². The number of rotatable bonds is 2. The zero-order valence-electron chi connectivity index (χ0n) is 14.7. The van der Waals surface area contributed by atoms with E-state index in [4.69, 9.17) is 9.47 Å². The van der Waals surface area contributed by atoms with Gasteiger partial charge in [-0.3, -0.25) is 9.59 Å². The van der Waals surface area contributed by atoms with Crippen LogP contribution in [-0.4, -0.2) is 51.7 Å². The SMILES string of the molecule is CCOC(=O)[C@H]1COCc2c(O)cc(O)c(C)c2C(=O)S[C@H](C)C(=O)N1. The van der Waals surface area contributed by atoms with Crippen molar-refractivity contribution in [2.75, 3.05) is 13.2 Å². The Morgan fingerprint density at radius 2 is 2.08 bits per heavy atom. The van der Waals surface area contributed by atoms with Crippen LogP contribution in [0.5, 0.6) is 11.5 Å². The second-order valence-electron chi connectivity index (χ2n) is 5.77. The van der Waals surface area contributed by atoms with Crippen molar-refractivity contribution >= 4 is 28.8 Å². The molecule has 0 fully saturated rings. The number of thioether (sulfide) groups is 1. The maximum atomic E-state index is 12.6. The second-order valence-corrected chi connectivity index (χ2v) is 7.08. The monoisotopic (exact) mass is 383 g/mol. The van der Waals surface area contributed by atoms with E-state index in [1.54, 1.807) is 6.92 Å². The van der Waals surface area contributed by atoms with Crippen LogP contribution in [0, 0.1) is 6.92 Å². The van der Waals surface area contributed by atoms with Crippen LogP contribution in [0.2, 0.25) is 0 Å². The molecule has 0 aromatic heterocycles. The molecule has 0 spiro atoms. The first-order valence-electron chi connectivity index (χ1n) is 8.06. The zero-order valence-corrected chi connectivity index (χ0v) is 15.5. The van der Waals surface area contributed by atoms with Gasteiger partial charge in [-0.15, -0.1) is 0 Å². The maximum absolute atomic E-state index is 12.6. The van der Waals surface area contributed by atoms with E-state index in [1.807, 2.05) is 0 Å². The Morgan fingerprint density at radius 3 is 2.73 bits per heavy atom. The Morgan fingerprint density at radius 1 is 1.38 bits per heavy atom. The number of esters is 1. The number of aromatic hydroxyl groups is 2. The highest BCUT2D eigenvalue weighted by Gasteiger charge is 2.30. The van der Waals surface area contributed by atoms with E-state index in [0.29, 0.717) is 0 Å². The average molecular weight is 383 g/mol. The van der Waals surface area contributed by atoms with Gasteiger partial charge in [0.1, 0.15) is 11.5 Å². The van der Waals surface area contributed by atoms with Gasteiger partial charge in [0, 0.05) is 22.8 Å². The van der Waals surface area contributed by atoms with E-state index < -0.39 is 28.3 Å². The summed E-state index contributed by atoms with van der Waals surface area (Å²) in [5.74, 6) is -1.69. The number of carbonyl (C=O) groups is 3. The van der Waals surface area contributed by atoms with Crippen LogP contribution in [0.1, 0.15) is 35.3 Å². The molecule has 0 bridgehead atoms. The van der Waals surface area contributed by atoms with Gasteiger partial charge in [-0.05, 0) is 20.8 Å². The summed E-state index contributed by atoms with van der Waals surface area (Å²) in [6.45, 7) is 4.50. The van der Waals surface area contributed by atoms with E-state index in [0.717, 1.165) is 17.8 Å². The van der Waals surface area contributed by atoms with Gasteiger partial charge in [-0.25, -0.2) is 4.79 Å². The standard InChI is InChI=1S/C17H21NO7S/c1-4-25-16(22)11-7-24-6-10-13(20)5-12(19)8(2)14(10)17(23)26-9(3)15(21)18-11/h5,9,11,19-20H,4,6-7H2,1-3H3,(H,18,21)/t9-,11-/m1/s1. The van der Waals surface area contributed by atoms with E-state index >= 15 is 0 Å². The van der Waals surface area contributed by atoms with E-state index in [9.17, 15) is 24.6 Å². The summed E-state index contributed by atoms with van der Waals surface area (Å²) in [6, 6.07) is 0.104. The van der Waals surface area contributed by atoms with Crippen LogP contribution in [-0.2, 0) is 25.7 Å². The molecule has 2 atom stereocenters. The predicted molar refractivity (Wildman–Crippen MR) is 94.1 cm³/mol. The summed E-state index contributed by atoms with van der Waals surface area (Å²) in [5.41, 5.74) is 0.580. The van der Waals surface area contributed by atoms with Crippen LogP contribution in [0.4, 0.5) is 0 Å². The van der Waals surface area contributed by atoms with Crippen LogP contribution in [0.15, 0.2) is 6.07 Å². The van der Waals surface area contributed by atoms with Gasteiger partial charge in [0.2, 0.25) is 11.0 Å². The number of benzene rings is 1. The normalized spacial score (nSPS) is 21.3. The molecule has 0 saturated heterocycles. The number of phenolic OH excluding ortho intramolecular Hbond substituents is 2. The molecule has 142 valence electrons. The summed E-state index contributed by atoms with van der Waals surface area (Å²) in [6.07, 6.45) is 0. The van der Waals surface area contributed by atoms with Gasteiger partial charge < -0.3 is 25.0 Å². The van der Waals surface area contributed by atoms with Gasteiger partial charge >= 0.3 is 5.97 Å². The van der Waals surface area contributed by atoms with Gasteiger partial charge in [0.05, 0.1) is 25.1 Å². The third-order valence-electron chi connectivity index (χ3n) is 3.92. The van der Waals surface area contributed by atoms with Gasteiger partial charge in [-0.2, -0.15) is 0 Å². The predicted octanol–water partition coefficient (Wildman–Crippen LogP) is 1.25. The highest BCUT2D eigenvalue weighted by atomic mass is 32.2. The highest BCUT2D eigenvalue weighted by molar-refractivity contribution is 8.15. The van der Waals surface area contributed by atoms with Crippen LogP contribution < -0.4 is 5.32 Å². The Balaban J connectivity index is 2.42. The molecule has 26 heavy (non-hydrogen) atoms. The van der Waals surface area contributed by atoms with Gasteiger partial charge in [-0.1, -0.05) is 11.8 Å². The maximum Gasteiger partial charge on any atom is 0.331 e. The van der Waals surface area contributed by atoms with Crippen molar-refractivity contribution in [2.24, 2.45) is 0 Å². The quantitative estimate of drug-likeness (QED) is 0.652. The molecular formula is C17H21NO7S. The molecule has 9 heteroatoms. The summed E-state index contributed by atoms with van der Waals surface area (Å²) >= 11 is 0.736. The minimum atomic E-state index is -1.03. The number of phenols is 2. The van der Waals surface area contributed by atoms with Crippen molar-refractivity contribution in [2.45, 2.75) is 38.7 Å². The van der Waals surface area contributed by atoms with Gasteiger partial charge in [0.15, 0.2) is 6.04 Å². The molecule has 1 aromatic carbocycles. The fourth-order valence-electron chi connectivity index (χ4n) is 2.48. The van der Waals surface area contributed by atoms with E-state index in [-0.39, 0.29) is 48.0 Å². The largest absolute Gasteiger partial charge is 0.508 e. The first-order chi connectivity index (χ1) is 12.3. The molecule has 1 heterocycles. The van der Waals surface area contributed by atoms with Crippen molar-refractivity contribution in [3.63, 3.8) is 0 Å². The fourth-order valence-corrected chi connectivity index (χ4v) is 3.37. The summed E-state index contributed by atoms with van der Waals surface area (Å²) < 4.78 is 10.4. The Kier molecular flexibility index (Phi) is 6.49. The molecule has 1 aromatic rings. The Labute approximate surface area is 154 Å². The second kappa shape index (κ2) is 8.41. The molecule has 1 amide bonds. The molecule has 1 aliphatic heterocycles. The van der Waals surface area contributed by atoms with E-state index in [2.05, 4.69) is 5.32 Å². The lowest BCUT2D eigenvalue weighted by Gasteiger charge is -2.18. The number of hydrogen-bond donors (Lipinski definition) is 3. The number of amides is 1. The molecule has 0 saturated carbocycles. The Bertz CT molecular complexity index is 734. The number of hydrogen-bond acceptors (Lipinski definition) is 8. The average Bonchev–Trinajstić information content (AvgIpc) is 2.59. The molecule has 3 N–H and O–H groups in total. The minimum Gasteiger partial charge on any atom is -0.508 e. The van der Waals surface area contributed by atoms with Crippen molar-refractivity contribution in [1.29, 1.82) is 0 Å². The lowest BCUT2D eigenvalue weighted by molar-refractivity contribution is -0.149. The molecule has 1 aliphatic rings. The molecular weight excluding hydrogens is 362 g/mol. The first kappa shape index (κ1) is 20.1. The summed E-state index contributed by atoms with van der Waals surface area (Å²) in [7, 11) is 0. The van der Waals surface area contributed by atoms with Crippen molar-refractivity contribution in [1.82, 2.24) is 5.32 Å². The van der Waals surface area contributed by atoms with Crippen molar-refractivity contribution in [3.05, 3.63) is 22.8 Å². The number of carbonyl (C=O) groups excluding carboxylic acids is 3. The first-order valence-corrected chi connectivity index (χ1v) is 8.94. The number of nitrogens with one attached hydrogen (secondary N) is 1. The molecule has 0 aliphatic carbocycles. The highest BCUT2D eigenvalue weighted by Crippen LogP contribution is 2.35. The third kappa shape index (κ3) is 4.28. The Hall–Kier alpha value is -2.26.